The van der Waals surface area contributed by atoms with Crippen LogP contribution in [-0.2, 0) is 12.8 Å². The normalized spacial score (nSPS) is 10.3. The van der Waals surface area contributed by atoms with Crippen LogP contribution in [0.4, 0.5) is 0 Å². The fourth-order valence-electron chi connectivity index (χ4n) is 1.86. The molecule has 0 aliphatic carbocycles. The Kier molecular flexibility index (Phi) is 3.72. The fraction of sp³-hybridized carbons (Fsp3) is 0.333. The van der Waals surface area contributed by atoms with Crippen molar-refractivity contribution in [1.82, 2.24) is 20.0 Å². The van der Waals surface area contributed by atoms with Crippen molar-refractivity contribution in [2.24, 2.45) is 0 Å². The first-order chi connectivity index (χ1) is 8.71. The van der Waals surface area contributed by atoms with Gasteiger partial charge >= 0.3 is 0 Å². The van der Waals surface area contributed by atoms with Gasteiger partial charge in [0.15, 0.2) is 5.82 Å². The Balaban J connectivity index is 2.66. The first-order valence-corrected chi connectivity index (χ1v) is 6.49. The van der Waals surface area contributed by atoms with Crippen molar-refractivity contribution in [3.05, 3.63) is 33.7 Å². The second-order valence-corrected chi connectivity index (χ2v) is 4.66. The van der Waals surface area contributed by atoms with Crippen molar-refractivity contribution in [3.8, 4) is 11.9 Å². The molecule has 5 nitrogen and oxygen atoms in total. The summed E-state index contributed by atoms with van der Waals surface area (Å²) in [4.78, 5) is 0. The highest BCUT2D eigenvalue weighted by Gasteiger charge is 2.16. The number of nitriles is 1. The Morgan fingerprint density at radius 2 is 2.11 bits per heavy atom. The van der Waals surface area contributed by atoms with E-state index in [-0.39, 0.29) is 0 Å². The summed E-state index contributed by atoms with van der Waals surface area (Å²) in [6, 6.07) is 2.22. The van der Waals surface area contributed by atoms with Gasteiger partial charge in [-0.15, -0.1) is 5.10 Å². The zero-order chi connectivity index (χ0) is 13.1. The molecule has 6 heteroatoms. The molecule has 0 N–H and O–H groups in total. The Morgan fingerprint density at radius 1 is 1.33 bits per heavy atom. The number of rotatable bonds is 3. The molecule has 18 heavy (non-hydrogen) atoms. The molecule has 2 rings (SSSR count). The van der Waals surface area contributed by atoms with E-state index in [1.807, 2.05) is 13.8 Å². The molecule has 92 valence electrons. The van der Waals surface area contributed by atoms with E-state index < -0.39 is 0 Å². The van der Waals surface area contributed by atoms with E-state index >= 15 is 0 Å². The van der Waals surface area contributed by atoms with Gasteiger partial charge in [0.1, 0.15) is 11.6 Å². The second-order valence-electron chi connectivity index (χ2n) is 3.75. The zero-order valence-corrected chi connectivity index (χ0v) is 11.8. The SMILES string of the molecule is CCc1nnc(-n2cc(Br)cn2)c(C#N)c1CC. The molecule has 0 aliphatic rings. The molecule has 0 saturated carbocycles. The van der Waals surface area contributed by atoms with E-state index in [0.717, 1.165) is 28.6 Å². The Labute approximate surface area is 114 Å². The van der Waals surface area contributed by atoms with Crippen LogP contribution >= 0.6 is 15.9 Å². The lowest BCUT2D eigenvalue weighted by Crippen LogP contribution is -2.10. The number of halogens is 1. The van der Waals surface area contributed by atoms with Gasteiger partial charge in [-0.25, -0.2) is 4.68 Å². The highest BCUT2D eigenvalue weighted by Crippen LogP contribution is 2.20. The molecule has 0 spiro atoms. The van der Waals surface area contributed by atoms with Crippen LogP contribution in [0.1, 0.15) is 30.7 Å². The quantitative estimate of drug-likeness (QED) is 0.873. The molecule has 0 radical (unpaired) electrons. The van der Waals surface area contributed by atoms with E-state index in [9.17, 15) is 5.26 Å². The molecule has 0 bridgehead atoms. The fourth-order valence-corrected chi connectivity index (χ4v) is 2.14. The van der Waals surface area contributed by atoms with Crippen LogP contribution in [0.15, 0.2) is 16.9 Å². The Hall–Kier alpha value is -1.74. The molecule has 0 atom stereocenters. The third-order valence-corrected chi connectivity index (χ3v) is 3.12. The first kappa shape index (κ1) is 12.7. The maximum atomic E-state index is 9.35. The van der Waals surface area contributed by atoms with Crippen molar-refractivity contribution in [2.45, 2.75) is 26.7 Å². The topological polar surface area (TPSA) is 67.4 Å². The molecule has 0 saturated heterocycles. The first-order valence-electron chi connectivity index (χ1n) is 5.70. The van der Waals surface area contributed by atoms with E-state index in [0.29, 0.717) is 11.4 Å². The molecule has 0 aliphatic heterocycles. The van der Waals surface area contributed by atoms with Gasteiger partial charge in [-0.05, 0) is 34.3 Å². The number of hydrogen-bond acceptors (Lipinski definition) is 4. The largest absolute Gasteiger partial charge is 0.219 e. The summed E-state index contributed by atoms with van der Waals surface area (Å²) in [5.74, 6) is 0.484. The van der Waals surface area contributed by atoms with Gasteiger partial charge in [0.2, 0.25) is 0 Å². The predicted molar refractivity (Wildman–Crippen MR) is 70.3 cm³/mol. The van der Waals surface area contributed by atoms with Crippen molar-refractivity contribution >= 4 is 15.9 Å². The van der Waals surface area contributed by atoms with E-state index in [1.165, 1.54) is 0 Å². The van der Waals surface area contributed by atoms with Gasteiger partial charge in [0.05, 0.1) is 16.4 Å². The average molecular weight is 306 g/mol. The van der Waals surface area contributed by atoms with Crippen LogP contribution in [0.5, 0.6) is 0 Å². The second kappa shape index (κ2) is 5.27. The van der Waals surface area contributed by atoms with Gasteiger partial charge in [-0.3, -0.25) is 0 Å². The lowest BCUT2D eigenvalue weighted by Gasteiger charge is -2.09. The molecule has 0 amide bonds. The summed E-state index contributed by atoms with van der Waals surface area (Å²) in [6.45, 7) is 4.02. The number of nitrogens with zero attached hydrogens (tertiary/aromatic N) is 5. The van der Waals surface area contributed by atoms with Gasteiger partial charge < -0.3 is 0 Å². The van der Waals surface area contributed by atoms with Gasteiger partial charge in [-0.1, -0.05) is 13.8 Å². The molecule has 2 aromatic rings. The van der Waals surface area contributed by atoms with Gasteiger partial charge in [0.25, 0.3) is 0 Å². The maximum absolute atomic E-state index is 9.35. The van der Waals surface area contributed by atoms with Crippen molar-refractivity contribution in [1.29, 1.82) is 5.26 Å². The lowest BCUT2D eigenvalue weighted by molar-refractivity contribution is 0.778. The van der Waals surface area contributed by atoms with Crippen LogP contribution < -0.4 is 0 Å². The van der Waals surface area contributed by atoms with Crippen LogP contribution in [0, 0.1) is 11.3 Å². The van der Waals surface area contributed by atoms with E-state index in [1.54, 1.807) is 17.1 Å². The summed E-state index contributed by atoms with van der Waals surface area (Å²) < 4.78 is 2.40. The molecule has 2 aromatic heterocycles. The highest BCUT2D eigenvalue weighted by atomic mass is 79.9. The summed E-state index contributed by atoms with van der Waals surface area (Å²) >= 11 is 3.33. The van der Waals surface area contributed by atoms with E-state index in [2.05, 4.69) is 37.3 Å². The summed E-state index contributed by atoms with van der Waals surface area (Å²) in [6.07, 6.45) is 4.95. The van der Waals surface area contributed by atoms with Crippen molar-refractivity contribution in [3.63, 3.8) is 0 Å². The van der Waals surface area contributed by atoms with E-state index in [4.69, 9.17) is 0 Å². The van der Waals surface area contributed by atoms with Crippen LogP contribution in [0.2, 0.25) is 0 Å². The molecule has 0 fully saturated rings. The highest BCUT2D eigenvalue weighted by molar-refractivity contribution is 9.10. The lowest BCUT2D eigenvalue weighted by atomic mass is 10.0. The third-order valence-electron chi connectivity index (χ3n) is 2.71. The monoisotopic (exact) mass is 305 g/mol. The van der Waals surface area contributed by atoms with Gasteiger partial charge in [-0.2, -0.15) is 15.5 Å². The Bertz CT molecular complexity index is 611. The minimum atomic E-state index is 0.484. The van der Waals surface area contributed by atoms with Crippen molar-refractivity contribution < 1.29 is 0 Å². The summed E-state index contributed by atoms with van der Waals surface area (Å²) in [7, 11) is 0. The standard InChI is InChI=1S/C12H12BrN5/c1-3-9-10(5-14)12(17-16-11(9)4-2)18-7-8(13)6-15-18/h6-7H,3-4H2,1-2H3. The number of hydrogen-bond donors (Lipinski definition) is 0. The average Bonchev–Trinajstić information content (AvgIpc) is 2.83. The molecule has 0 aromatic carbocycles. The maximum Gasteiger partial charge on any atom is 0.193 e. The predicted octanol–water partition coefficient (Wildman–Crippen LogP) is 2.42. The molecule has 0 unspecified atom stereocenters. The Morgan fingerprint density at radius 3 is 2.61 bits per heavy atom. The van der Waals surface area contributed by atoms with Crippen molar-refractivity contribution in [2.75, 3.05) is 0 Å². The smallest absolute Gasteiger partial charge is 0.193 e. The summed E-state index contributed by atoms with van der Waals surface area (Å²) in [5.41, 5.74) is 2.39. The number of aryl methyl sites for hydroxylation is 1. The zero-order valence-electron chi connectivity index (χ0n) is 10.2. The minimum Gasteiger partial charge on any atom is -0.219 e. The van der Waals surface area contributed by atoms with Crippen LogP contribution in [0.25, 0.3) is 5.82 Å². The molecular formula is C12H12BrN5. The van der Waals surface area contributed by atoms with Crippen LogP contribution in [0.3, 0.4) is 0 Å². The minimum absolute atomic E-state index is 0.484. The van der Waals surface area contributed by atoms with Crippen LogP contribution in [-0.4, -0.2) is 20.0 Å². The molecule has 2 heterocycles. The molecular weight excluding hydrogens is 294 g/mol. The van der Waals surface area contributed by atoms with Gasteiger partial charge in [0, 0.05) is 6.20 Å². The summed E-state index contributed by atoms with van der Waals surface area (Å²) in [5, 5.41) is 21.8. The third kappa shape index (κ3) is 2.14. The number of aromatic nitrogens is 4.